The Morgan fingerprint density at radius 3 is 1.98 bits per heavy atom. The highest BCUT2D eigenvalue weighted by Gasteiger charge is 2.16. The maximum atomic E-state index is 9.63. The van der Waals surface area contributed by atoms with Crippen LogP contribution in [0.25, 0.3) is 73.7 Å². The Labute approximate surface area is 250 Å². The lowest BCUT2D eigenvalue weighted by atomic mass is 9.91. The molecule has 0 radical (unpaired) electrons. The maximum Gasteiger partial charge on any atom is 0.0991 e. The number of thiophene rings is 2. The topological polar surface area (TPSA) is 47.6 Å². The SMILES string of the molecule is N#Cc1cccc(-c2cc(-c3cccc4c3sc3ccccc34)cc(-c3cccc4sc5ccc(C#N)cc5c34)c2)c1. The quantitative estimate of drug-likeness (QED) is 0.213. The molecule has 0 unspecified atom stereocenters. The standard InChI is InChI=1S/C38H20N2S2/c39-21-23-6-3-7-25(16-23)26-18-27(29-9-5-13-36-37(29)33-17-24(22-40)14-15-35(33)41-36)20-28(19-26)30-10-4-11-32-31-8-1-2-12-34(31)42-38(30)32/h1-20H. The van der Waals surface area contributed by atoms with Gasteiger partial charge in [0.05, 0.1) is 23.3 Å². The highest BCUT2D eigenvalue weighted by atomic mass is 32.1. The first-order valence-electron chi connectivity index (χ1n) is 13.6. The van der Waals surface area contributed by atoms with Gasteiger partial charge in [-0.05, 0) is 94.0 Å². The van der Waals surface area contributed by atoms with E-state index in [1.54, 1.807) is 11.3 Å². The fourth-order valence-corrected chi connectivity index (χ4v) is 8.34. The third-order valence-corrected chi connectivity index (χ3v) is 10.3. The van der Waals surface area contributed by atoms with Crippen LogP contribution in [0.4, 0.5) is 0 Å². The molecule has 0 fully saturated rings. The molecule has 0 amide bonds. The van der Waals surface area contributed by atoms with Gasteiger partial charge in [0, 0.05) is 40.3 Å². The average Bonchev–Trinajstić information content (AvgIpc) is 3.62. The number of benzene rings is 6. The molecule has 2 aromatic heterocycles. The molecule has 0 aliphatic carbocycles. The van der Waals surface area contributed by atoms with Crippen molar-refractivity contribution in [2.75, 3.05) is 0 Å². The van der Waals surface area contributed by atoms with Crippen LogP contribution in [-0.2, 0) is 0 Å². The summed E-state index contributed by atoms with van der Waals surface area (Å²) in [6.45, 7) is 0. The summed E-state index contributed by atoms with van der Waals surface area (Å²) < 4.78 is 4.92. The highest BCUT2D eigenvalue weighted by Crippen LogP contribution is 2.44. The molecule has 0 aliphatic rings. The van der Waals surface area contributed by atoms with Gasteiger partial charge in [0.2, 0.25) is 0 Å². The predicted octanol–water partition coefficient (Wildman–Crippen LogP) is 11.2. The number of nitriles is 2. The fourth-order valence-electron chi connectivity index (χ4n) is 5.98. The first-order chi connectivity index (χ1) is 20.7. The molecule has 6 aromatic carbocycles. The number of hydrogen-bond donors (Lipinski definition) is 0. The van der Waals surface area contributed by atoms with Crippen molar-refractivity contribution >= 4 is 63.0 Å². The van der Waals surface area contributed by atoms with Crippen molar-refractivity contribution in [2.45, 2.75) is 0 Å². The molecule has 2 nitrogen and oxygen atoms in total. The zero-order valence-corrected chi connectivity index (χ0v) is 23.9. The molecule has 194 valence electrons. The van der Waals surface area contributed by atoms with E-state index in [1.165, 1.54) is 40.5 Å². The van der Waals surface area contributed by atoms with Crippen LogP contribution in [0.15, 0.2) is 121 Å². The van der Waals surface area contributed by atoms with Gasteiger partial charge in [-0.2, -0.15) is 10.5 Å². The molecule has 0 saturated carbocycles. The van der Waals surface area contributed by atoms with Crippen LogP contribution < -0.4 is 0 Å². The normalized spacial score (nSPS) is 11.3. The van der Waals surface area contributed by atoms with Crippen LogP contribution in [0.3, 0.4) is 0 Å². The summed E-state index contributed by atoms with van der Waals surface area (Å²) in [5.41, 5.74) is 7.95. The van der Waals surface area contributed by atoms with Gasteiger partial charge >= 0.3 is 0 Å². The van der Waals surface area contributed by atoms with E-state index in [-0.39, 0.29) is 0 Å². The molecule has 0 aliphatic heterocycles. The molecule has 0 saturated heterocycles. The molecule has 42 heavy (non-hydrogen) atoms. The van der Waals surface area contributed by atoms with E-state index in [9.17, 15) is 10.5 Å². The van der Waals surface area contributed by atoms with Gasteiger partial charge in [-0.25, -0.2) is 0 Å². The summed E-state index contributed by atoms with van der Waals surface area (Å²) in [5, 5.41) is 24.1. The lowest BCUT2D eigenvalue weighted by Gasteiger charge is -2.13. The van der Waals surface area contributed by atoms with Crippen LogP contribution in [-0.4, -0.2) is 0 Å². The van der Waals surface area contributed by atoms with Crippen LogP contribution in [0.2, 0.25) is 0 Å². The first-order valence-corrected chi connectivity index (χ1v) is 15.3. The summed E-state index contributed by atoms with van der Waals surface area (Å²) in [6.07, 6.45) is 0. The van der Waals surface area contributed by atoms with Crippen molar-refractivity contribution in [1.29, 1.82) is 10.5 Å². The van der Waals surface area contributed by atoms with Crippen molar-refractivity contribution in [1.82, 2.24) is 0 Å². The summed E-state index contributed by atoms with van der Waals surface area (Å²) in [7, 11) is 0. The largest absolute Gasteiger partial charge is 0.192 e. The fraction of sp³-hybridized carbons (Fsp3) is 0. The van der Waals surface area contributed by atoms with Crippen LogP contribution in [0.5, 0.6) is 0 Å². The van der Waals surface area contributed by atoms with Gasteiger partial charge in [-0.15, -0.1) is 22.7 Å². The minimum absolute atomic E-state index is 0.640. The second-order valence-electron chi connectivity index (χ2n) is 10.4. The maximum absolute atomic E-state index is 9.63. The van der Waals surface area contributed by atoms with Crippen molar-refractivity contribution in [3.05, 3.63) is 132 Å². The van der Waals surface area contributed by atoms with Gasteiger partial charge in [-0.3, -0.25) is 0 Å². The monoisotopic (exact) mass is 568 g/mol. The molecule has 4 heteroatoms. The highest BCUT2D eigenvalue weighted by molar-refractivity contribution is 7.26. The molecule has 0 N–H and O–H groups in total. The Kier molecular flexibility index (Phi) is 5.66. The third-order valence-electron chi connectivity index (χ3n) is 7.91. The van der Waals surface area contributed by atoms with Crippen molar-refractivity contribution < 1.29 is 0 Å². The molecule has 8 rings (SSSR count). The number of hydrogen-bond acceptors (Lipinski definition) is 4. The molecular weight excluding hydrogens is 549 g/mol. The van der Waals surface area contributed by atoms with Gasteiger partial charge in [0.25, 0.3) is 0 Å². The molecule has 0 atom stereocenters. The minimum Gasteiger partial charge on any atom is -0.192 e. The smallest absolute Gasteiger partial charge is 0.0991 e. The van der Waals surface area contributed by atoms with Crippen LogP contribution >= 0.6 is 22.7 Å². The average molecular weight is 569 g/mol. The minimum atomic E-state index is 0.640. The van der Waals surface area contributed by atoms with Crippen molar-refractivity contribution in [2.24, 2.45) is 0 Å². The van der Waals surface area contributed by atoms with E-state index >= 15 is 0 Å². The third kappa shape index (κ3) is 3.90. The van der Waals surface area contributed by atoms with E-state index in [4.69, 9.17) is 0 Å². The Morgan fingerprint density at radius 2 is 1.10 bits per heavy atom. The Morgan fingerprint density at radius 1 is 0.429 bits per heavy atom. The summed E-state index contributed by atoms with van der Waals surface area (Å²) in [4.78, 5) is 0. The predicted molar refractivity (Wildman–Crippen MR) is 178 cm³/mol. The lowest BCUT2D eigenvalue weighted by molar-refractivity contribution is 1.48. The van der Waals surface area contributed by atoms with Gasteiger partial charge in [0.1, 0.15) is 0 Å². The Bertz CT molecular complexity index is 2450. The Hall–Kier alpha value is -5.26. The van der Waals surface area contributed by atoms with E-state index in [0.29, 0.717) is 11.1 Å². The molecule has 2 heterocycles. The van der Waals surface area contributed by atoms with Crippen LogP contribution in [0, 0.1) is 22.7 Å². The summed E-state index contributed by atoms with van der Waals surface area (Å²) in [6, 6.07) is 46.8. The van der Waals surface area contributed by atoms with Gasteiger partial charge < -0.3 is 0 Å². The van der Waals surface area contributed by atoms with Crippen molar-refractivity contribution in [3.8, 4) is 45.5 Å². The van der Waals surface area contributed by atoms with E-state index < -0.39 is 0 Å². The van der Waals surface area contributed by atoms with Gasteiger partial charge in [0.15, 0.2) is 0 Å². The second kappa shape index (κ2) is 9.68. The molecule has 0 spiro atoms. The number of rotatable bonds is 3. The first kappa shape index (κ1) is 24.5. The van der Waals surface area contributed by atoms with E-state index in [2.05, 4.69) is 103 Å². The zero-order valence-electron chi connectivity index (χ0n) is 22.3. The Balaban J connectivity index is 1.44. The van der Waals surface area contributed by atoms with Crippen LogP contribution in [0.1, 0.15) is 11.1 Å². The lowest BCUT2D eigenvalue weighted by Crippen LogP contribution is -1.88. The zero-order chi connectivity index (χ0) is 28.2. The molecular formula is C38H20N2S2. The van der Waals surface area contributed by atoms with Gasteiger partial charge in [-0.1, -0.05) is 60.7 Å². The number of nitrogens with zero attached hydrogens (tertiary/aromatic N) is 2. The number of fused-ring (bicyclic) bond motifs is 6. The van der Waals surface area contributed by atoms with E-state index in [0.717, 1.165) is 33.2 Å². The van der Waals surface area contributed by atoms with Crippen molar-refractivity contribution in [3.63, 3.8) is 0 Å². The summed E-state index contributed by atoms with van der Waals surface area (Å²) >= 11 is 3.59. The molecule has 8 aromatic rings. The molecule has 0 bridgehead atoms. The van der Waals surface area contributed by atoms with E-state index in [1.807, 2.05) is 41.7 Å². The second-order valence-corrected chi connectivity index (χ2v) is 12.5. The summed E-state index contributed by atoms with van der Waals surface area (Å²) in [5.74, 6) is 0.